The van der Waals surface area contributed by atoms with Gasteiger partial charge in [-0.05, 0) is 24.3 Å². The topological polar surface area (TPSA) is 61.0 Å². The van der Waals surface area contributed by atoms with E-state index in [1.165, 1.54) is 0 Å². The predicted octanol–water partition coefficient (Wildman–Crippen LogP) is 3.37. The Morgan fingerprint density at radius 2 is 2.10 bits per heavy atom. The second-order valence-corrected chi connectivity index (χ2v) is 5.08. The molecule has 5 heteroatoms. The maximum Gasteiger partial charge on any atom is 0.142 e. The molecule has 0 bridgehead atoms. The summed E-state index contributed by atoms with van der Waals surface area (Å²) in [5.41, 5.74) is 8.16. The maximum atomic E-state index is 5.71. The van der Waals surface area contributed by atoms with E-state index in [9.17, 15) is 0 Å². The van der Waals surface area contributed by atoms with E-state index in [4.69, 9.17) is 10.5 Å². The van der Waals surface area contributed by atoms with Crippen molar-refractivity contribution < 1.29 is 4.74 Å². The standard InChI is InChI=1S/C15H13N3OS/c16-11-4-3-5-13(8-11)19-9-12-10-20-15(18-12)14-6-1-2-7-17-14/h1-8,10H,9,16H2. The van der Waals surface area contributed by atoms with Gasteiger partial charge in [-0.3, -0.25) is 4.98 Å². The van der Waals surface area contributed by atoms with Crippen molar-refractivity contribution in [1.82, 2.24) is 9.97 Å². The van der Waals surface area contributed by atoms with E-state index in [1.54, 1.807) is 23.6 Å². The fraction of sp³-hybridized carbons (Fsp3) is 0.0667. The summed E-state index contributed by atoms with van der Waals surface area (Å²) < 4.78 is 5.67. The Balaban J connectivity index is 1.69. The Bertz CT molecular complexity index is 697. The van der Waals surface area contributed by atoms with Gasteiger partial charge in [-0.1, -0.05) is 12.1 Å². The monoisotopic (exact) mass is 283 g/mol. The summed E-state index contributed by atoms with van der Waals surface area (Å²) in [6, 6.07) is 13.2. The molecule has 0 fully saturated rings. The van der Waals surface area contributed by atoms with Crippen LogP contribution in [0.15, 0.2) is 54.0 Å². The molecule has 0 spiro atoms. The van der Waals surface area contributed by atoms with E-state index in [2.05, 4.69) is 9.97 Å². The van der Waals surface area contributed by atoms with Gasteiger partial charge in [0.1, 0.15) is 17.4 Å². The minimum Gasteiger partial charge on any atom is -0.487 e. The molecule has 0 radical (unpaired) electrons. The summed E-state index contributed by atoms with van der Waals surface area (Å²) in [6.07, 6.45) is 1.76. The highest BCUT2D eigenvalue weighted by Gasteiger charge is 2.06. The number of nitrogens with two attached hydrogens (primary N) is 1. The van der Waals surface area contributed by atoms with Crippen molar-refractivity contribution in [3.05, 3.63) is 59.7 Å². The lowest BCUT2D eigenvalue weighted by molar-refractivity contribution is 0.302. The maximum absolute atomic E-state index is 5.71. The van der Waals surface area contributed by atoms with Gasteiger partial charge < -0.3 is 10.5 Å². The molecule has 3 rings (SSSR count). The molecule has 0 unspecified atom stereocenters. The van der Waals surface area contributed by atoms with Gasteiger partial charge in [0, 0.05) is 23.3 Å². The van der Waals surface area contributed by atoms with Crippen molar-refractivity contribution in [2.24, 2.45) is 0 Å². The Hall–Kier alpha value is -2.40. The molecule has 2 aromatic heterocycles. The average molecular weight is 283 g/mol. The number of anilines is 1. The summed E-state index contributed by atoms with van der Waals surface area (Å²) in [6.45, 7) is 0.423. The first-order chi connectivity index (χ1) is 9.81. The van der Waals surface area contributed by atoms with Gasteiger partial charge in [-0.25, -0.2) is 4.98 Å². The quantitative estimate of drug-likeness (QED) is 0.746. The van der Waals surface area contributed by atoms with Crippen LogP contribution in [0.4, 0.5) is 5.69 Å². The van der Waals surface area contributed by atoms with Crippen LogP contribution in [0.1, 0.15) is 5.69 Å². The number of benzene rings is 1. The fourth-order valence-electron chi connectivity index (χ4n) is 1.74. The van der Waals surface area contributed by atoms with Crippen molar-refractivity contribution >= 4 is 17.0 Å². The Kier molecular flexibility index (Phi) is 3.60. The van der Waals surface area contributed by atoms with E-state index < -0.39 is 0 Å². The number of thiazole rings is 1. The number of hydrogen-bond donors (Lipinski definition) is 1. The highest BCUT2D eigenvalue weighted by Crippen LogP contribution is 2.22. The van der Waals surface area contributed by atoms with Crippen molar-refractivity contribution in [2.75, 3.05) is 5.73 Å². The van der Waals surface area contributed by atoms with Gasteiger partial charge in [-0.15, -0.1) is 11.3 Å². The first kappa shape index (κ1) is 12.6. The second kappa shape index (κ2) is 5.71. The number of aromatic nitrogens is 2. The van der Waals surface area contributed by atoms with Crippen LogP contribution in [-0.4, -0.2) is 9.97 Å². The number of ether oxygens (including phenoxy) is 1. The van der Waals surface area contributed by atoms with Gasteiger partial charge in [0.15, 0.2) is 0 Å². The predicted molar refractivity (Wildman–Crippen MR) is 80.5 cm³/mol. The van der Waals surface area contributed by atoms with E-state index >= 15 is 0 Å². The Morgan fingerprint density at radius 3 is 2.90 bits per heavy atom. The number of nitrogen functional groups attached to an aromatic ring is 1. The summed E-state index contributed by atoms with van der Waals surface area (Å²) >= 11 is 1.56. The van der Waals surface area contributed by atoms with Gasteiger partial charge in [0.05, 0.1) is 11.4 Å². The Labute approximate surface area is 120 Å². The molecule has 0 saturated carbocycles. The molecule has 0 saturated heterocycles. The first-order valence-corrected chi connectivity index (χ1v) is 7.03. The SMILES string of the molecule is Nc1cccc(OCc2csc(-c3ccccn3)n2)c1. The minimum absolute atomic E-state index is 0.423. The third-order valence-electron chi connectivity index (χ3n) is 2.68. The van der Waals surface area contributed by atoms with Crippen molar-refractivity contribution in [1.29, 1.82) is 0 Å². The largest absolute Gasteiger partial charge is 0.487 e. The summed E-state index contributed by atoms with van der Waals surface area (Å²) in [5, 5.41) is 2.88. The summed E-state index contributed by atoms with van der Waals surface area (Å²) in [4.78, 5) is 8.80. The lowest BCUT2D eigenvalue weighted by atomic mass is 10.3. The van der Waals surface area contributed by atoms with Gasteiger partial charge in [0.2, 0.25) is 0 Å². The smallest absolute Gasteiger partial charge is 0.142 e. The molecule has 2 heterocycles. The molecule has 20 heavy (non-hydrogen) atoms. The third kappa shape index (κ3) is 2.95. The zero-order chi connectivity index (χ0) is 13.8. The highest BCUT2D eigenvalue weighted by molar-refractivity contribution is 7.13. The van der Waals surface area contributed by atoms with Crippen LogP contribution < -0.4 is 10.5 Å². The molecule has 2 N–H and O–H groups in total. The van der Waals surface area contributed by atoms with Gasteiger partial charge in [-0.2, -0.15) is 0 Å². The fourth-order valence-corrected chi connectivity index (χ4v) is 2.52. The number of pyridine rings is 1. The Morgan fingerprint density at radius 1 is 1.15 bits per heavy atom. The lowest BCUT2D eigenvalue weighted by Gasteiger charge is -2.04. The van der Waals surface area contributed by atoms with Crippen LogP contribution in [0, 0.1) is 0 Å². The second-order valence-electron chi connectivity index (χ2n) is 4.22. The summed E-state index contributed by atoms with van der Waals surface area (Å²) in [7, 11) is 0. The molecule has 0 aliphatic carbocycles. The molecule has 0 amide bonds. The molecule has 100 valence electrons. The van der Waals surface area contributed by atoms with Crippen molar-refractivity contribution in [3.8, 4) is 16.5 Å². The van der Waals surface area contributed by atoms with Crippen molar-refractivity contribution in [2.45, 2.75) is 6.61 Å². The van der Waals surface area contributed by atoms with Crippen molar-refractivity contribution in [3.63, 3.8) is 0 Å². The van der Waals surface area contributed by atoms with Crippen LogP contribution in [-0.2, 0) is 6.61 Å². The van der Waals surface area contributed by atoms with E-state index in [-0.39, 0.29) is 0 Å². The first-order valence-electron chi connectivity index (χ1n) is 6.15. The average Bonchev–Trinajstić information content (AvgIpc) is 2.95. The molecule has 0 aliphatic rings. The number of hydrogen-bond acceptors (Lipinski definition) is 5. The zero-order valence-electron chi connectivity index (χ0n) is 10.7. The molecular formula is C15H13N3OS. The van der Waals surface area contributed by atoms with Crippen LogP contribution in [0.5, 0.6) is 5.75 Å². The zero-order valence-corrected chi connectivity index (χ0v) is 11.5. The van der Waals surface area contributed by atoms with Crippen LogP contribution in [0.2, 0.25) is 0 Å². The number of rotatable bonds is 4. The highest BCUT2D eigenvalue weighted by atomic mass is 32.1. The van der Waals surface area contributed by atoms with Crippen LogP contribution in [0.3, 0.4) is 0 Å². The molecular weight excluding hydrogens is 270 g/mol. The molecule has 4 nitrogen and oxygen atoms in total. The van der Waals surface area contributed by atoms with E-state index in [0.717, 1.165) is 22.1 Å². The lowest BCUT2D eigenvalue weighted by Crippen LogP contribution is -1.96. The third-order valence-corrected chi connectivity index (χ3v) is 3.59. The molecule has 1 aromatic carbocycles. The minimum atomic E-state index is 0.423. The van der Waals surface area contributed by atoms with E-state index in [1.807, 2.05) is 41.8 Å². The van der Waals surface area contributed by atoms with E-state index in [0.29, 0.717) is 12.3 Å². The van der Waals surface area contributed by atoms with Crippen LogP contribution in [0.25, 0.3) is 10.7 Å². The van der Waals surface area contributed by atoms with Gasteiger partial charge in [0.25, 0.3) is 0 Å². The van der Waals surface area contributed by atoms with Crippen LogP contribution >= 0.6 is 11.3 Å². The molecule has 3 aromatic rings. The molecule has 0 atom stereocenters. The summed E-state index contributed by atoms with van der Waals surface area (Å²) in [5.74, 6) is 0.748. The number of nitrogens with zero attached hydrogens (tertiary/aromatic N) is 2. The van der Waals surface area contributed by atoms with Gasteiger partial charge >= 0.3 is 0 Å². The molecule has 0 aliphatic heterocycles. The normalized spacial score (nSPS) is 10.4.